The van der Waals surface area contributed by atoms with Crippen molar-refractivity contribution in [2.24, 2.45) is 5.10 Å². The van der Waals surface area contributed by atoms with Crippen LogP contribution in [0.5, 0.6) is 11.5 Å². The van der Waals surface area contributed by atoms with E-state index in [9.17, 15) is 9.59 Å². The van der Waals surface area contributed by atoms with Crippen molar-refractivity contribution >= 4 is 17.4 Å². The minimum absolute atomic E-state index is 0.0194. The van der Waals surface area contributed by atoms with Gasteiger partial charge in [-0.1, -0.05) is 12.1 Å². The van der Waals surface area contributed by atoms with E-state index in [4.69, 9.17) is 9.47 Å². The number of rotatable bonds is 9. The lowest BCUT2D eigenvalue weighted by atomic mass is 10.1. The Morgan fingerprint density at radius 1 is 0.871 bits per heavy atom. The van der Waals surface area contributed by atoms with Gasteiger partial charge in [0.05, 0.1) is 25.6 Å². The van der Waals surface area contributed by atoms with Crippen molar-refractivity contribution < 1.29 is 19.1 Å². The second-order valence-electron chi connectivity index (χ2n) is 6.42. The Kier molecular flexibility index (Phi) is 7.42. The van der Waals surface area contributed by atoms with E-state index in [1.54, 1.807) is 54.9 Å². The first-order chi connectivity index (χ1) is 15.1. The van der Waals surface area contributed by atoms with E-state index >= 15 is 0 Å². The van der Waals surface area contributed by atoms with Gasteiger partial charge in [0.15, 0.2) is 17.3 Å². The third-order valence-corrected chi connectivity index (χ3v) is 4.39. The molecule has 0 aliphatic rings. The predicted octanol–water partition coefficient (Wildman–Crippen LogP) is 3.03. The molecule has 1 N–H and O–H groups in total. The molecule has 0 radical (unpaired) electrons. The smallest absolute Gasteiger partial charge is 0.240 e. The molecule has 0 aliphatic heterocycles. The van der Waals surface area contributed by atoms with E-state index in [2.05, 4.69) is 20.5 Å². The number of pyridine rings is 2. The maximum absolute atomic E-state index is 12.5. The largest absolute Gasteiger partial charge is 0.493 e. The zero-order valence-electron chi connectivity index (χ0n) is 17.2. The average Bonchev–Trinajstić information content (AvgIpc) is 2.83. The highest BCUT2D eigenvalue weighted by molar-refractivity contribution is 6.10. The number of Topliss-reactive ketones (excluding diaryl/α,β-unsaturated/α-hetero) is 1. The van der Waals surface area contributed by atoms with E-state index in [1.165, 1.54) is 14.2 Å². The Bertz CT molecular complexity index is 1030. The first-order valence-electron chi connectivity index (χ1n) is 9.57. The van der Waals surface area contributed by atoms with Gasteiger partial charge in [0.25, 0.3) is 0 Å². The summed E-state index contributed by atoms with van der Waals surface area (Å²) in [4.78, 5) is 33.3. The minimum atomic E-state index is -0.391. The fourth-order valence-electron chi connectivity index (χ4n) is 2.81. The molecule has 0 unspecified atom stereocenters. The normalized spacial score (nSPS) is 10.1. The van der Waals surface area contributed by atoms with Gasteiger partial charge in [0, 0.05) is 30.8 Å². The number of amides is 1. The zero-order chi connectivity index (χ0) is 22.1. The number of hydrazone groups is 1. The van der Waals surface area contributed by atoms with E-state index in [0.29, 0.717) is 34.2 Å². The van der Waals surface area contributed by atoms with Crippen LogP contribution in [-0.2, 0) is 4.79 Å². The van der Waals surface area contributed by atoms with Gasteiger partial charge in [-0.25, -0.2) is 5.43 Å². The van der Waals surface area contributed by atoms with Crippen LogP contribution in [0.1, 0.15) is 34.6 Å². The van der Waals surface area contributed by atoms with Crippen molar-refractivity contribution in [1.82, 2.24) is 15.4 Å². The van der Waals surface area contributed by atoms with Crippen molar-refractivity contribution in [3.05, 3.63) is 83.9 Å². The van der Waals surface area contributed by atoms with Gasteiger partial charge in [0.2, 0.25) is 5.91 Å². The molecular weight excluding hydrogens is 396 g/mol. The molecule has 0 saturated carbocycles. The first-order valence-corrected chi connectivity index (χ1v) is 9.57. The second kappa shape index (κ2) is 10.6. The standard InChI is InChI=1S/C23H22N4O4/c1-30-20-11-9-16(15-21(20)31-2)19(28)10-12-22(29)26-27-23(17-7-3-5-13-24-17)18-8-4-6-14-25-18/h3-9,11,13-15H,10,12H2,1-2H3,(H,26,29). The van der Waals surface area contributed by atoms with Gasteiger partial charge < -0.3 is 9.47 Å². The number of nitrogens with zero attached hydrogens (tertiary/aromatic N) is 3. The van der Waals surface area contributed by atoms with E-state index in [0.717, 1.165) is 0 Å². The Hall–Kier alpha value is -4.07. The summed E-state index contributed by atoms with van der Waals surface area (Å²) < 4.78 is 10.4. The molecule has 0 aliphatic carbocycles. The first kappa shape index (κ1) is 21.6. The summed E-state index contributed by atoms with van der Waals surface area (Å²) in [7, 11) is 3.02. The van der Waals surface area contributed by atoms with Crippen molar-refractivity contribution in [2.75, 3.05) is 14.2 Å². The number of hydrogen-bond donors (Lipinski definition) is 1. The molecule has 0 bridgehead atoms. The number of methoxy groups -OCH3 is 2. The highest BCUT2D eigenvalue weighted by Gasteiger charge is 2.14. The molecule has 8 heteroatoms. The molecule has 2 heterocycles. The zero-order valence-corrected chi connectivity index (χ0v) is 17.2. The molecule has 3 rings (SSSR count). The number of carbonyl (C=O) groups is 2. The third-order valence-electron chi connectivity index (χ3n) is 4.39. The molecule has 0 saturated heterocycles. The van der Waals surface area contributed by atoms with Gasteiger partial charge in [-0.2, -0.15) is 5.10 Å². The Labute approximate surface area is 180 Å². The molecule has 0 atom stereocenters. The number of ether oxygens (including phenoxy) is 2. The predicted molar refractivity (Wildman–Crippen MR) is 115 cm³/mol. The van der Waals surface area contributed by atoms with Gasteiger partial charge in [0.1, 0.15) is 5.71 Å². The highest BCUT2D eigenvalue weighted by Crippen LogP contribution is 2.28. The molecule has 1 amide bonds. The number of benzene rings is 1. The van der Waals surface area contributed by atoms with Crippen LogP contribution in [0.15, 0.2) is 72.1 Å². The lowest BCUT2D eigenvalue weighted by Crippen LogP contribution is -2.22. The summed E-state index contributed by atoms with van der Waals surface area (Å²) in [6.07, 6.45) is 3.28. The van der Waals surface area contributed by atoms with Crippen LogP contribution in [0.25, 0.3) is 0 Å². The van der Waals surface area contributed by atoms with Crippen LogP contribution < -0.4 is 14.9 Å². The maximum Gasteiger partial charge on any atom is 0.240 e. The number of hydrogen-bond acceptors (Lipinski definition) is 7. The highest BCUT2D eigenvalue weighted by atomic mass is 16.5. The SMILES string of the molecule is COc1ccc(C(=O)CCC(=O)NN=C(c2ccccn2)c2ccccn2)cc1OC. The Morgan fingerprint density at radius 2 is 1.52 bits per heavy atom. The van der Waals surface area contributed by atoms with Crippen LogP contribution in [0.4, 0.5) is 0 Å². The average molecular weight is 418 g/mol. The molecule has 1 aromatic carbocycles. The molecular formula is C23H22N4O4. The minimum Gasteiger partial charge on any atom is -0.493 e. The molecule has 158 valence electrons. The van der Waals surface area contributed by atoms with Crippen LogP contribution in [0.3, 0.4) is 0 Å². The summed E-state index contributed by atoms with van der Waals surface area (Å²) in [5.41, 5.74) is 4.52. The van der Waals surface area contributed by atoms with Crippen LogP contribution >= 0.6 is 0 Å². The molecule has 3 aromatic rings. The van der Waals surface area contributed by atoms with Crippen molar-refractivity contribution in [1.29, 1.82) is 0 Å². The Balaban J connectivity index is 1.66. The molecule has 0 spiro atoms. The van der Waals surface area contributed by atoms with Crippen LogP contribution in [-0.4, -0.2) is 41.6 Å². The van der Waals surface area contributed by atoms with Gasteiger partial charge >= 0.3 is 0 Å². The topological polar surface area (TPSA) is 103 Å². The fraction of sp³-hybridized carbons (Fsp3) is 0.174. The third kappa shape index (κ3) is 5.72. The van der Waals surface area contributed by atoms with Crippen molar-refractivity contribution in [3.8, 4) is 11.5 Å². The van der Waals surface area contributed by atoms with Crippen molar-refractivity contribution in [2.45, 2.75) is 12.8 Å². The number of ketones is 1. The molecule has 0 fully saturated rings. The summed E-state index contributed by atoms with van der Waals surface area (Å²) in [5, 5.41) is 4.21. The van der Waals surface area contributed by atoms with Crippen LogP contribution in [0.2, 0.25) is 0 Å². The van der Waals surface area contributed by atoms with E-state index in [1.807, 2.05) is 12.1 Å². The lowest BCUT2D eigenvalue weighted by Gasteiger charge is -2.09. The summed E-state index contributed by atoms with van der Waals surface area (Å²) in [6, 6.07) is 15.7. The summed E-state index contributed by atoms with van der Waals surface area (Å²) in [5.74, 6) is 0.411. The maximum atomic E-state index is 12.5. The quantitative estimate of drug-likeness (QED) is 0.326. The molecule has 2 aromatic heterocycles. The molecule has 8 nitrogen and oxygen atoms in total. The number of nitrogens with one attached hydrogen (secondary N) is 1. The van der Waals surface area contributed by atoms with E-state index in [-0.39, 0.29) is 18.6 Å². The van der Waals surface area contributed by atoms with E-state index < -0.39 is 5.91 Å². The number of carbonyl (C=O) groups excluding carboxylic acids is 2. The molecule has 31 heavy (non-hydrogen) atoms. The lowest BCUT2D eigenvalue weighted by molar-refractivity contribution is -0.121. The van der Waals surface area contributed by atoms with Crippen LogP contribution in [0, 0.1) is 0 Å². The van der Waals surface area contributed by atoms with Gasteiger partial charge in [-0.3, -0.25) is 19.6 Å². The van der Waals surface area contributed by atoms with Gasteiger partial charge in [-0.05, 0) is 42.5 Å². The second-order valence-corrected chi connectivity index (χ2v) is 6.42. The summed E-state index contributed by atoms with van der Waals surface area (Å²) >= 11 is 0. The Morgan fingerprint density at radius 3 is 2.06 bits per heavy atom. The van der Waals surface area contributed by atoms with Crippen molar-refractivity contribution in [3.63, 3.8) is 0 Å². The number of aromatic nitrogens is 2. The monoisotopic (exact) mass is 418 g/mol. The van der Waals surface area contributed by atoms with Gasteiger partial charge in [-0.15, -0.1) is 0 Å². The fourth-order valence-corrected chi connectivity index (χ4v) is 2.81. The summed E-state index contributed by atoms with van der Waals surface area (Å²) in [6.45, 7) is 0.